The number of amides is 2. The Labute approximate surface area is 209 Å². The van der Waals surface area contributed by atoms with E-state index >= 15 is 0 Å². The molecule has 0 unspecified atom stereocenters. The van der Waals surface area contributed by atoms with Crippen LogP contribution in [0.15, 0.2) is 61.2 Å². The maximum Gasteiger partial charge on any atom is 0.261 e. The Morgan fingerprint density at radius 2 is 1.26 bits per heavy atom. The molecule has 3 heteroatoms. The van der Waals surface area contributed by atoms with Gasteiger partial charge in [0.2, 0.25) is 0 Å². The van der Waals surface area contributed by atoms with Gasteiger partial charge in [-0.15, -0.1) is 0 Å². The zero-order valence-electron chi connectivity index (χ0n) is 21.0. The highest BCUT2D eigenvalue weighted by atomic mass is 16.2. The second kappa shape index (κ2) is 12.0. The fraction of sp³-hybridized carbons (Fsp3) is 0.375. The van der Waals surface area contributed by atoms with Crippen molar-refractivity contribution in [3.63, 3.8) is 0 Å². The second-order valence-electron chi connectivity index (χ2n) is 9.66. The molecular weight excluding hydrogens is 430 g/mol. The van der Waals surface area contributed by atoms with Crippen molar-refractivity contribution in [3.8, 4) is 11.1 Å². The first kappa shape index (κ1) is 24.9. The quantitative estimate of drug-likeness (QED) is 0.186. The minimum absolute atomic E-state index is 0.164. The van der Waals surface area contributed by atoms with Gasteiger partial charge in [0.1, 0.15) is 0 Å². The normalized spacial score (nSPS) is 13.0. The van der Waals surface area contributed by atoms with E-state index in [-0.39, 0.29) is 11.8 Å². The van der Waals surface area contributed by atoms with Gasteiger partial charge in [-0.2, -0.15) is 0 Å². The molecule has 0 atom stereocenters. The highest BCUT2D eigenvalue weighted by Crippen LogP contribution is 2.36. The molecule has 1 heterocycles. The number of hydrogen-bond acceptors (Lipinski definition) is 2. The lowest BCUT2D eigenvalue weighted by Gasteiger charge is -2.28. The number of nitrogens with zero attached hydrogens (tertiary/aromatic N) is 1. The van der Waals surface area contributed by atoms with Crippen LogP contribution < -0.4 is 0 Å². The summed E-state index contributed by atoms with van der Waals surface area (Å²) < 4.78 is 0. The Kier molecular flexibility index (Phi) is 8.52. The molecule has 0 N–H and O–H groups in total. The van der Waals surface area contributed by atoms with Crippen molar-refractivity contribution in [2.24, 2.45) is 0 Å². The lowest BCUT2D eigenvalue weighted by Crippen LogP contribution is -2.40. The standard InChI is InChI=1S/C32H37NO2/c1-3-5-6-7-8-9-10-11-12-13-23-33-31(34)28-16-14-15-27-26(21-22-29(30(27)28)32(33)35)25-19-17-24(4-2)18-20-25/h4,14-22H,2-3,5-13,23H2,1H3. The van der Waals surface area contributed by atoms with Gasteiger partial charge in [-0.05, 0) is 40.6 Å². The van der Waals surface area contributed by atoms with Gasteiger partial charge in [0.25, 0.3) is 11.8 Å². The van der Waals surface area contributed by atoms with Crippen LogP contribution in [0.2, 0.25) is 0 Å². The SMILES string of the molecule is C=Cc1ccc(-c2ccc3c4c(cccc24)C(=O)N(CCCCCCCCCCCC)C3=O)cc1. The first-order chi connectivity index (χ1) is 17.2. The van der Waals surface area contributed by atoms with Gasteiger partial charge in [-0.25, -0.2) is 0 Å². The van der Waals surface area contributed by atoms with Crippen molar-refractivity contribution >= 4 is 28.7 Å². The Bertz CT molecular complexity index is 1170. The second-order valence-corrected chi connectivity index (χ2v) is 9.66. The third-order valence-corrected chi connectivity index (χ3v) is 7.18. The lowest BCUT2D eigenvalue weighted by atomic mass is 9.89. The van der Waals surface area contributed by atoms with E-state index in [4.69, 9.17) is 0 Å². The molecule has 1 aliphatic rings. The summed E-state index contributed by atoms with van der Waals surface area (Å²) >= 11 is 0. The smallest absolute Gasteiger partial charge is 0.261 e. The summed E-state index contributed by atoms with van der Waals surface area (Å²) in [7, 11) is 0. The Balaban J connectivity index is 1.42. The maximum absolute atomic E-state index is 13.3. The van der Waals surface area contributed by atoms with Crippen LogP contribution in [-0.2, 0) is 0 Å². The Hall–Kier alpha value is -3.20. The van der Waals surface area contributed by atoms with E-state index in [0.29, 0.717) is 17.7 Å². The number of imide groups is 1. The number of unbranched alkanes of at least 4 members (excludes halogenated alkanes) is 9. The minimum atomic E-state index is -0.164. The van der Waals surface area contributed by atoms with Crippen LogP contribution in [-0.4, -0.2) is 23.3 Å². The molecule has 35 heavy (non-hydrogen) atoms. The summed E-state index contributed by atoms with van der Waals surface area (Å²) in [5, 5.41) is 1.73. The number of carbonyl (C=O) groups is 2. The van der Waals surface area contributed by atoms with Crippen molar-refractivity contribution < 1.29 is 9.59 Å². The number of carbonyl (C=O) groups excluding carboxylic acids is 2. The van der Waals surface area contributed by atoms with Gasteiger partial charge < -0.3 is 0 Å². The van der Waals surface area contributed by atoms with Gasteiger partial charge in [-0.1, -0.05) is 120 Å². The molecule has 0 aliphatic carbocycles. The van der Waals surface area contributed by atoms with E-state index in [1.807, 2.05) is 48.5 Å². The average Bonchev–Trinajstić information content (AvgIpc) is 2.89. The molecule has 0 radical (unpaired) electrons. The van der Waals surface area contributed by atoms with Gasteiger partial charge in [0, 0.05) is 23.1 Å². The van der Waals surface area contributed by atoms with Crippen LogP contribution in [0.5, 0.6) is 0 Å². The molecule has 0 spiro atoms. The first-order valence-corrected chi connectivity index (χ1v) is 13.3. The van der Waals surface area contributed by atoms with Crippen molar-refractivity contribution in [1.29, 1.82) is 0 Å². The molecule has 3 aromatic rings. The summed E-state index contributed by atoms with van der Waals surface area (Å²) in [6, 6.07) is 17.9. The molecule has 3 aromatic carbocycles. The largest absolute Gasteiger partial charge is 0.274 e. The molecule has 0 fully saturated rings. The summed E-state index contributed by atoms with van der Waals surface area (Å²) in [6.07, 6.45) is 14.1. The van der Waals surface area contributed by atoms with Crippen LogP contribution in [0.25, 0.3) is 28.0 Å². The number of rotatable bonds is 13. The van der Waals surface area contributed by atoms with Crippen LogP contribution in [0.3, 0.4) is 0 Å². The Morgan fingerprint density at radius 1 is 0.686 bits per heavy atom. The van der Waals surface area contributed by atoms with E-state index < -0.39 is 0 Å². The fourth-order valence-corrected chi connectivity index (χ4v) is 5.16. The molecule has 0 aromatic heterocycles. The van der Waals surface area contributed by atoms with Crippen molar-refractivity contribution in [1.82, 2.24) is 4.90 Å². The average molecular weight is 468 g/mol. The molecular formula is C32H37NO2. The van der Waals surface area contributed by atoms with Crippen molar-refractivity contribution in [2.45, 2.75) is 71.1 Å². The molecule has 2 amide bonds. The zero-order chi connectivity index (χ0) is 24.6. The summed E-state index contributed by atoms with van der Waals surface area (Å²) in [4.78, 5) is 28.1. The van der Waals surface area contributed by atoms with E-state index in [1.54, 1.807) is 0 Å². The van der Waals surface area contributed by atoms with Gasteiger partial charge in [0.15, 0.2) is 0 Å². The van der Waals surface area contributed by atoms with Crippen LogP contribution in [0, 0.1) is 0 Å². The monoisotopic (exact) mass is 467 g/mol. The Morgan fingerprint density at radius 3 is 1.89 bits per heavy atom. The molecule has 0 saturated heterocycles. The lowest BCUT2D eigenvalue weighted by molar-refractivity contribution is 0.0607. The van der Waals surface area contributed by atoms with Crippen LogP contribution in [0.1, 0.15) is 97.4 Å². The van der Waals surface area contributed by atoms with Gasteiger partial charge in [-0.3, -0.25) is 14.5 Å². The highest BCUT2D eigenvalue weighted by molar-refractivity contribution is 6.26. The highest BCUT2D eigenvalue weighted by Gasteiger charge is 2.32. The predicted molar refractivity (Wildman–Crippen MR) is 147 cm³/mol. The van der Waals surface area contributed by atoms with Crippen molar-refractivity contribution in [3.05, 3.63) is 77.9 Å². The van der Waals surface area contributed by atoms with Crippen molar-refractivity contribution in [2.75, 3.05) is 6.54 Å². The summed E-state index contributed by atoms with van der Waals surface area (Å²) in [6.45, 7) is 6.56. The van der Waals surface area contributed by atoms with Crippen LogP contribution in [0.4, 0.5) is 0 Å². The third kappa shape index (κ3) is 5.56. The first-order valence-electron chi connectivity index (χ1n) is 13.3. The van der Waals surface area contributed by atoms with Gasteiger partial charge in [0.05, 0.1) is 0 Å². The zero-order valence-corrected chi connectivity index (χ0v) is 21.0. The fourth-order valence-electron chi connectivity index (χ4n) is 5.16. The van der Waals surface area contributed by atoms with E-state index in [0.717, 1.165) is 40.3 Å². The van der Waals surface area contributed by atoms with Gasteiger partial charge >= 0.3 is 0 Å². The molecule has 4 rings (SSSR count). The molecule has 0 saturated carbocycles. The molecule has 0 bridgehead atoms. The molecule has 1 aliphatic heterocycles. The predicted octanol–water partition coefficient (Wildman–Crippen LogP) is 8.67. The number of hydrogen-bond donors (Lipinski definition) is 0. The van der Waals surface area contributed by atoms with E-state index in [2.05, 4.69) is 25.6 Å². The number of benzene rings is 3. The summed E-state index contributed by atoms with van der Waals surface area (Å²) in [5.74, 6) is -0.327. The maximum atomic E-state index is 13.3. The summed E-state index contributed by atoms with van der Waals surface area (Å²) in [5.41, 5.74) is 4.42. The molecule has 182 valence electrons. The van der Waals surface area contributed by atoms with Crippen LogP contribution >= 0.6 is 0 Å². The third-order valence-electron chi connectivity index (χ3n) is 7.18. The van der Waals surface area contributed by atoms with E-state index in [9.17, 15) is 9.59 Å². The minimum Gasteiger partial charge on any atom is -0.274 e. The topological polar surface area (TPSA) is 37.4 Å². The molecule has 3 nitrogen and oxygen atoms in total. The van der Waals surface area contributed by atoms with E-state index in [1.165, 1.54) is 56.3 Å².